The third-order valence-corrected chi connectivity index (χ3v) is 7.42. The Morgan fingerprint density at radius 2 is 1.86 bits per heavy atom. The van der Waals surface area contributed by atoms with E-state index < -0.39 is 0 Å². The minimum Gasteiger partial charge on any atom is -0.379 e. The molecule has 37 heavy (non-hydrogen) atoms. The summed E-state index contributed by atoms with van der Waals surface area (Å²) in [5.41, 5.74) is 3.81. The van der Waals surface area contributed by atoms with Gasteiger partial charge in [-0.2, -0.15) is 0 Å². The van der Waals surface area contributed by atoms with E-state index in [2.05, 4.69) is 71.6 Å². The molecule has 10 heteroatoms. The number of fused-ring (bicyclic) bond motifs is 2. The van der Waals surface area contributed by atoms with Crippen LogP contribution in [0.2, 0.25) is 0 Å². The lowest BCUT2D eigenvalue weighted by atomic mass is 10.2. The lowest BCUT2D eigenvalue weighted by Gasteiger charge is -2.33. The number of nitrogens with one attached hydrogen (secondary N) is 2. The number of amides is 1. The molecule has 192 valence electrons. The van der Waals surface area contributed by atoms with E-state index in [1.807, 2.05) is 12.1 Å². The van der Waals surface area contributed by atoms with Crippen LogP contribution in [0.3, 0.4) is 0 Å². The van der Waals surface area contributed by atoms with E-state index >= 15 is 0 Å². The van der Waals surface area contributed by atoms with Gasteiger partial charge < -0.3 is 20.3 Å². The number of nitrogens with zero attached hydrogens (tertiary/aromatic N) is 6. The van der Waals surface area contributed by atoms with Crippen molar-refractivity contribution in [1.82, 2.24) is 24.8 Å². The van der Waals surface area contributed by atoms with Gasteiger partial charge in [-0.3, -0.25) is 14.6 Å². The second kappa shape index (κ2) is 10.4. The fraction of sp³-hybridized carbons (Fsp3) is 0.407. The first-order chi connectivity index (χ1) is 18.1. The van der Waals surface area contributed by atoms with E-state index in [-0.39, 0.29) is 5.91 Å². The molecule has 5 heterocycles. The van der Waals surface area contributed by atoms with Crippen LogP contribution in [-0.2, 0) is 9.53 Å². The van der Waals surface area contributed by atoms with Crippen molar-refractivity contribution in [3.05, 3.63) is 54.9 Å². The number of likely N-dealkylation sites (N-methyl/N-ethyl adjacent to an activating group) is 1. The van der Waals surface area contributed by atoms with Gasteiger partial charge in [0.15, 0.2) is 0 Å². The van der Waals surface area contributed by atoms with Crippen LogP contribution in [0, 0.1) is 0 Å². The summed E-state index contributed by atoms with van der Waals surface area (Å²) in [4.78, 5) is 32.8. The maximum Gasteiger partial charge on any atom is 0.239 e. The predicted octanol–water partition coefficient (Wildman–Crippen LogP) is 2.45. The Labute approximate surface area is 216 Å². The quantitative estimate of drug-likeness (QED) is 0.507. The number of pyridine rings is 1. The molecule has 3 aliphatic rings. The second-order valence-electron chi connectivity index (χ2n) is 9.94. The third-order valence-electron chi connectivity index (χ3n) is 7.42. The number of carbonyl (C=O) groups excluding carboxylic acids is 1. The SMILES string of the molecule is CN1CC2CC1CN2c1ccc(Nc2nccc(-c3ccc(NC(=O)CN4CCOCC4)nc3)n2)cc1. The van der Waals surface area contributed by atoms with Crippen LogP contribution >= 0.6 is 0 Å². The fourth-order valence-corrected chi connectivity index (χ4v) is 5.39. The van der Waals surface area contributed by atoms with Gasteiger partial charge in [0.25, 0.3) is 0 Å². The van der Waals surface area contributed by atoms with Crippen molar-refractivity contribution in [2.75, 3.05) is 68.5 Å². The van der Waals surface area contributed by atoms with E-state index in [0.29, 0.717) is 43.6 Å². The Bertz CT molecular complexity index is 1230. The number of likely N-dealkylation sites (tertiary alicyclic amines) is 1. The van der Waals surface area contributed by atoms with Gasteiger partial charge in [0, 0.05) is 67.6 Å². The number of morpholine rings is 1. The first kappa shape index (κ1) is 23.8. The Morgan fingerprint density at radius 3 is 2.57 bits per heavy atom. The Hall–Kier alpha value is -3.60. The zero-order chi connectivity index (χ0) is 25.2. The van der Waals surface area contributed by atoms with Crippen LogP contribution in [0.4, 0.5) is 23.1 Å². The molecule has 3 saturated heterocycles. The topological polar surface area (TPSA) is 98.8 Å². The molecule has 1 aromatic carbocycles. The highest BCUT2D eigenvalue weighted by Gasteiger charge is 2.41. The van der Waals surface area contributed by atoms with Crippen LogP contribution in [0.25, 0.3) is 11.3 Å². The van der Waals surface area contributed by atoms with Gasteiger partial charge in [0.2, 0.25) is 11.9 Å². The van der Waals surface area contributed by atoms with E-state index in [1.54, 1.807) is 18.5 Å². The molecule has 0 spiro atoms. The average Bonchev–Trinajstić information content (AvgIpc) is 3.50. The monoisotopic (exact) mass is 500 g/mol. The van der Waals surface area contributed by atoms with Crippen molar-refractivity contribution in [2.45, 2.75) is 18.5 Å². The first-order valence-corrected chi connectivity index (χ1v) is 12.8. The summed E-state index contributed by atoms with van der Waals surface area (Å²) in [6, 6.07) is 15.3. The number of benzene rings is 1. The standard InChI is InChI=1S/C27H32N8O2/c1-33-16-23-14-22(33)17-35(23)21-5-3-20(4-6-21)30-27-28-9-8-24(31-27)19-2-7-25(29-15-19)32-26(36)18-34-10-12-37-13-11-34/h2-9,15,22-23H,10-14,16-18H2,1H3,(H,28,30,31)(H,29,32,36). The van der Waals surface area contributed by atoms with Crippen LogP contribution < -0.4 is 15.5 Å². The normalized spacial score (nSPS) is 21.8. The zero-order valence-corrected chi connectivity index (χ0v) is 21.0. The third kappa shape index (κ3) is 5.41. The molecular weight excluding hydrogens is 468 g/mol. The van der Waals surface area contributed by atoms with Crippen molar-refractivity contribution in [1.29, 1.82) is 0 Å². The van der Waals surface area contributed by atoms with Crippen molar-refractivity contribution in [2.24, 2.45) is 0 Å². The van der Waals surface area contributed by atoms with Gasteiger partial charge in [-0.05, 0) is 55.9 Å². The van der Waals surface area contributed by atoms with Gasteiger partial charge in [-0.25, -0.2) is 15.0 Å². The van der Waals surface area contributed by atoms with Crippen LogP contribution in [0.15, 0.2) is 54.9 Å². The van der Waals surface area contributed by atoms with Gasteiger partial charge >= 0.3 is 0 Å². The second-order valence-corrected chi connectivity index (χ2v) is 9.94. The van der Waals surface area contributed by atoms with E-state index in [4.69, 9.17) is 4.74 Å². The highest BCUT2D eigenvalue weighted by molar-refractivity contribution is 5.91. The summed E-state index contributed by atoms with van der Waals surface area (Å²) in [6.45, 7) is 5.45. The minimum absolute atomic E-state index is 0.0775. The molecule has 0 radical (unpaired) electrons. The Balaban J connectivity index is 1.06. The molecule has 2 aromatic heterocycles. The predicted molar refractivity (Wildman–Crippen MR) is 143 cm³/mol. The number of rotatable bonds is 7. The number of anilines is 4. The molecule has 2 unspecified atom stereocenters. The number of hydrogen-bond acceptors (Lipinski definition) is 9. The number of hydrogen-bond donors (Lipinski definition) is 2. The summed E-state index contributed by atoms with van der Waals surface area (Å²) in [5.74, 6) is 0.966. The Morgan fingerprint density at radius 1 is 1.03 bits per heavy atom. The molecule has 0 saturated carbocycles. The van der Waals surface area contributed by atoms with Crippen molar-refractivity contribution in [3.8, 4) is 11.3 Å². The van der Waals surface area contributed by atoms with Crippen molar-refractivity contribution < 1.29 is 9.53 Å². The summed E-state index contributed by atoms with van der Waals surface area (Å²) >= 11 is 0. The zero-order valence-electron chi connectivity index (χ0n) is 21.0. The molecule has 6 rings (SSSR count). The smallest absolute Gasteiger partial charge is 0.239 e. The molecule has 0 aliphatic carbocycles. The molecule has 2 atom stereocenters. The number of ether oxygens (including phenoxy) is 1. The highest BCUT2D eigenvalue weighted by Crippen LogP contribution is 2.34. The summed E-state index contributed by atoms with van der Waals surface area (Å²) in [7, 11) is 2.22. The maximum atomic E-state index is 12.3. The van der Waals surface area contributed by atoms with Gasteiger partial charge in [-0.1, -0.05) is 0 Å². The molecule has 3 aliphatic heterocycles. The van der Waals surface area contributed by atoms with Crippen LogP contribution in [0.1, 0.15) is 6.42 Å². The van der Waals surface area contributed by atoms with Gasteiger partial charge in [0.05, 0.1) is 25.5 Å². The van der Waals surface area contributed by atoms with Crippen LogP contribution in [-0.4, -0.2) is 95.7 Å². The molecule has 2 bridgehead atoms. The van der Waals surface area contributed by atoms with Gasteiger partial charge in [-0.15, -0.1) is 0 Å². The lowest BCUT2D eigenvalue weighted by molar-refractivity contribution is -0.118. The Kier molecular flexibility index (Phi) is 6.69. The fourth-order valence-electron chi connectivity index (χ4n) is 5.39. The molecule has 1 amide bonds. The first-order valence-electron chi connectivity index (χ1n) is 12.8. The number of piperazine rings is 1. The summed E-state index contributed by atoms with van der Waals surface area (Å²) in [5, 5.41) is 6.17. The molecular formula is C27H32N8O2. The summed E-state index contributed by atoms with van der Waals surface area (Å²) < 4.78 is 5.33. The summed E-state index contributed by atoms with van der Waals surface area (Å²) in [6.07, 6.45) is 4.70. The average molecular weight is 501 g/mol. The molecule has 10 nitrogen and oxygen atoms in total. The maximum absolute atomic E-state index is 12.3. The lowest BCUT2D eigenvalue weighted by Crippen LogP contribution is -2.44. The van der Waals surface area contributed by atoms with E-state index in [1.165, 1.54) is 12.1 Å². The largest absolute Gasteiger partial charge is 0.379 e. The van der Waals surface area contributed by atoms with E-state index in [9.17, 15) is 4.79 Å². The number of aromatic nitrogens is 3. The molecule has 3 aromatic rings. The van der Waals surface area contributed by atoms with Crippen LogP contribution in [0.5, 0.6) is 0 Å². The number of carbonyl (C=O) groups is 1. The van der Waals surface area contributed by atoms with Crippen molar-refractivity contribution >= 4 is 29.0 Å². The minimum atomic E-state index is -0.0775. The van der Waals surface area contributed by atoms with Gasteiger partial charge in [0.1, 0.15) is 5.82 Å². The molecule has 3 fully saturated rings. The molecule has 2 N–H and O–H groups in total. The highest BCUT2D eigenvalue weighted by atomic mass is 16.5. The van der Waals surface area contributed by atoms with E-state index in [0.717, 1.165) is 43.1 Å². The van der Waals surface area contributed by atoms with Crippen molar-refractivity contribution in [3.63, 3.8) is 0 Å².